The number of carbonyl (C=O) groups excluding carboxylic acids is 1. The molecule has 1 heterocycles. The van der Waals surface area contributed by atoms with Crippen LogP contribution in [0.4, 0.5) is 21.9 Å². The SMILES string of the molecule is Nc1ccc2c(c1)CCCN2C(=O)Nc1ccccc1. The van der Waals surface area contributed by atoms with Crippen molar-refractivity contribution >= 4 is 23.1 Å². The third kappa shape index (κ3) is 2.45. The second kappa shape index (κ2) is 5.25. The molecule has 2 aromatic rings. The molecule has 0 atom stereocenters. The van der Waals surface area contributed by atoms with Crippen molar-refractivity contribution in [3.8, 4) is 0 Å². The Morgan fingerprint density at radius 3 is 2.75 bits per heavy atom. The van der Waals surface area contributed by atoms with Crippen molar-refractivity contribution in [1.29, 1.82) is 0 Å². The first-order chi connectivity index (χ1) is 9.74. The van der Waals surface area contributed by atoms with Crippen LogP contribution in [0.2, 0.25) is 0 Å². The zero-order chi connectivity index (χ0) is 13.9. The van der Waals surface area contributed by atoms with E-state index in [1.807, 2.05) is 48.5 Å². The number of hydrogen-bond acceptors (Lipinski definition) is 2. The largest absolute Gasteiger partial charge is 0.399 e. The number of para-hydroxylation sites is 1. The Bertz CT molecular complexity index is 625. The van der Waals surface area contributed by atoms with Gasteiger partial charge in [-0.05, 0) is 48.7 Å². The third-order valence-corrected chi connectivity index (χ3v) is 3.49. The van der Waals surface area contributed by atoms with Gasteiger partial charge >= 0.3 is 6.03 Å². The van der Waals surface area contributed by atoms with Gasteiger partial charge in [0, 0.05) is 23.6 Å². The van der Waals surface area contributed by atoms with E-state index in [1.165, 1.54) is 0 Å². The molecule has 0 aliphatic carbocycles. The molecular formula is C16H17N3O. The highest BCUT2D eigenvalue weighted by Crippen LogP contribution is 2.29. The fourth-order valence-electron chi connectivity index (χ4n) is 2.54. The Balaban J connectivity index is 1.83. The number of rotatable bonds is 1. The topological polar surface area (TPSA) is 58.4 Å². The Morgan fingerprint density at radius 1 is 1.15 bits per heavy atom. The van der Waals surface area contributed by atoms with E-state index >= 15 is 0 Å². The maximum Gasteiger partial charge on any atom is 0.326 e. The summed E-state index contributed by atoms with van der Waals surface area (Å²) >= 11 is 0. The zero-order valence-electron chi connectivity index (χ0n) is 11.2. The quantitative estimate of drug-likeness (QED) is 0.779. The van der Waals surface area contributed by atoms with Crippen LogP contribution in [0.3, 0.4) is 0 Å². The minimum absolute atomic E-state index is 0.0954. The number of nitrogens with two attached hydrogens (primary N) is 1. The van der Waals surface area contributed by atoms with Crippen LogP contribution in [0.5, 0.6) is 0 Å². The van der Waals surface area contributed by atoms with Crippen LogP contribution in [0, 0.1) is 0 Å². The second-order valence-electron chi connectivity index (χ2n) is 4.94. The summed E-state index contributed by atoms with van der Waals surface area (Å²) in [5, 5.41) is 2.92. The van der Waals surface area contributed by atoms with Crippen molar-refractivity contribution in [3.63, 3.8) is 0 Å². The summed E-state index contributed by atoms with van der Waals surface area (Å²) in [5.74, 6) is 0. The van der Waals surface area contributed by atoms with Gasteiger partial charge in [-0.25, -0.2) is 4.79 Å². The van der Waals surface area contributed by atoms with Gasteiger partial charge in [-0.2, -0.15) is 0 Å². The number of anilines is 3. The highest BCUT2D eigenvalue weighted by molar-refractivity contribution is 6.02. The van der Waals surface area contributed by atoms with Crippen molar-refractivity contribution in [2.24, 2.45) is 0 Å². The lowest BCUT2D eigenvalue weighted by Gasteiger charge is -2.29. The molecule has 0 aromatic heterocycles. The predicted molar refractivity (Wildman–Crippen MR) is 82.0 cm³/mol. The highest BCUT2D eigenvalue weighted by atomic mass is 16.2. The molecule has 1 aliphatic heterocycles. The van der Waals surface area contributed by atoms with Crippen molar-refractivity contribution in [1.82, 2.24) is 0 Å². The summed E-state index contributed by atoms with van der Waals surface area (Å²) in [7, 11) is 0. The Labute approximate surface area is 118 Å². The lowest BCUT2D eigenvalue weighted by atomic mass is 10.0. The summed E-state index contributed by atoms with van der Waals surface area (Å²) in [6.45, 7) is 0.732. The van der Waals surface area contributed by atoms with E-state index in [9.17, 15) is 4.79 Å². The number of nitrogen functional groups attached to an aromatic ring is 1. The molecule has 0 unspecified atom stereocenters. The first-order valence-corrected chi connectivity index (χ1v) is 6.76. The minimum atomic E-state index is -0.0954. The monoisotopic (exact) mass is 267 g/mol. The summed E-state index contributed by atoms with van der Waals surface area (Å²) in [6, 6.07) is 15.1. The number of aryl methyl sites for hydroxylation is 1. The average molecular weight is 267 g/mol. The zero-order valence-corrected chi connectivity index (χ0v) is 11.2. The number of fused-ring (bicyclic) bond motifs is 1. The molecule has 3 N–H and O–H groups in total. The number of urea groups is 1. The van der Waals surface area contributed by atoms with Crippen LogP contribution in [0.25, 0.3) is 0 Å². The number of hydrogen-bond donors (Lipinski definition) is 2. The highest BCUT2D eigenvalue weighted by Gasteiger charge is 2.22. The Hall–Kier alpha value is -2.49. The van der Waals surface area contributed by atoms with Gasteiger partial charge in [-0.1, -0.05) is 18.2 Å². The van der Waals surface area contributed by atoms with Crippen molar-refractivity contribution < 1.29 is 4.79 Å². The maximum absolute atomic E-state index is 12.4. The van der Waals surface area contributed by atoms with Crippen molar-refractivity contribution in [2.75, 3.05) is 22.5 Å². The van der Waals surface area contributed by atoms with E-state index in [4.69, 9.17) is 5.73 Å². The molecule has 0 saturated heterocycles. The molecule has 1 aliphatic rings. The van der Waals surface area contributed by atoms with Gasteiger partial charge in [0.15, 0.2) is 0 Å². The van der Waals surface area contributed by atoms with Crippen LogP contribution in [0.15, 0.2) is 48.5 Å². The van der Waals surface area contributed by atoms with Gasteiger partial charge < -0.3 is 11.1 Å². The minimum Gasteiger partial charge on any atom is -0.399 e. The third-order valence-electron chi connectivity index (χ3n) is 3.49. The second-order valence-corrected chi connectivity index (χ2v) is 4.94. The van der Waals surface area contributed by atoms with E-state index in [0.29, 0.717) is 0 Å². The van der Waals surface area contributed by atoms with Crippen LogP contribution in [-0.2, 0) is 6.42 Å². The Morgan fingerprint density at radius 2 is 1.95 bits per heavy atom. The molecule has 0 saturated carbocycles. The number of carbonyl (C=O) groups is 1. The van der Waals surface area contributed by atoms with E-state index in [0.717, 1.165) is 42.0 Å². The molecule has 0 spiro atoms. The fourth-order valence-corrected chi connectivity index (χ4v) is 2.54. The molecule has 4 nitrogen and oxygen atoms in total. The molecule has 20 heavy (non-hydrogen) atoms. The standard InChI is InChI=1S/C16H17N3O/c17-13-8-9-15-12(11-13)5-4-10-19(15)16(20)18-14-6-2-1-3-7-14/h1-3,6-9,11H,4-5,10,17H2,(H,18,20). The molecule has 2 amide bonds. The summed E-state index contributed by atoms with van der Waals surface area (Å²) in [6.07, 6.45) is 1.92. The van der Waals surface area contributed by atoms with E-state index < -0.39 is 0 Å². The molecule has 3 rings (SSSR count). The van der Waals surface area contributed by atoms with Crippen LogP contribution in [0.1, 0.15) is 12.0 Å². The number of nitrogens with one attached hydrogen (secondary N) is 1. The molecular weight excluding hydrogens is 250 g/mol. The van der Waals surface area contributed by atoms with Gasteiger partial charge in [0.05, 0.1) is 0 Å². The first-order valence-electron chi connectivity index (χ1n) is 6.76. The van der Waals surface area contributed by atoms with E-state index in [1.54, 1.807) is 4.90 Å². The number of benzene rings is 2. The van der Waals surface area contributed by atoms with Crippen LogP contribution in [-0.4, -0.2) is 12.6 Å². The van der Waals surface area contributed by atoms with Crippen LogP contribution >= 0.6 is 0 Å². The molecule has 0 radical (unpaired) electrons. The molecule has 2 aromatic carbocycles. The smallest absolute Gasteiger partial charge is 0.326 e. The van der Waals surface area contributed by atoms with Gasteiger partial charge in [0.1, 0.15) is 0 Å². The van der Waals surface area contributed by atoms with Gasteiger partial charge in [-0.15, -0.1) is 0 Å². The van der Waals surface area contributed by atoms with Gasteiger partial charge in [0.25, 0.3) is 0 Å². The Kier molecular flexibility index (Phi) is 3.29. The normalized spacial score (nSPS) is 13.7. The number of nitrogens with zero attached hydrogens (tertiary/aromatic N) is 1. The van der Waals surface area contributed by atoms with E-state index in [-0.39, 0.29) is 6.03 Å². The summed E-state index contributed by atoms with van der Waals surface area (Å²) < 4.78 is 0. The summed E-state index contributed by atoms with van der Waals surface area (Å²) in [5.41, 5.74) is 9.45. The predicted octanol–water partition coefficient (Wildman–Crippen LogP) is 3.25. The van der Waals surface area contributed by atoms with Crippen molar-refractivity contribution in [3.05, 3.63) is 54.1 Å². The first kappa shape index (κ1) is 12.5. The molecule has 0 fully saturated rings. The van der Waals surface area contributed by atoms with Crippen molar-refractivity contribution in [2.45, 2.75) is 12.8 Å². The van der Waals surface area contributed by atoms with Gasteiger partial charge in [0.2, 0.25) is 0 Å². The number of amides is 2. The van der Waals surface area contributed by atoms with E-state index in [2.05, 4.69) is 5.32 Å². The lowest BCUT2D eigenvalue weighted by Crippen LogP contribution is -2.38. The molecule has 4 heteroatoms. The molecule has 102 valence electrons. The van der Waals surface area contributed by atoms with Gasteiger partial charge in [-0.3, -0.25) is 4.90 Å². The summed E-state index contributed by atoms with van der Waals surface area (Å²) in [4.78, 5) is 14.2. The average Bonchev–Trinajstić information content (AvgIpc) is 2.47. The van der Waals surface area contributed by atoms with Crippen LogP contribution < -0.4 is 16.0 Å². The molecule has 0 bridgehead atoms. The maximum atomic E-state index is 12.4. The fraction of sp³-hybridized carbons (Fsp3) is 0.188. The lowest BCUT2D eigenvalue weighted by molar-refractivity contribution is 0.256.